The van der Waals surface area contributed by atoms with Gasteiger partial charge in [-0.05, 0) is 28.1 Å². The predicted octanol–water partition coefficient (Wildman–Crippen LogP) is 2.45. The molecule has 2 aromatic heterocycles. The van der Waals surface area contributed by atoms with Gasteiger partial charge in [-0.2, -0.15) is 0 Å². The van der Waals surface area contributed by atoms with Crippen LogP contribution in [0.15, 0.2) is 34.9 Å². The number of carbonyl (C=O) groups excluding carboxylic acids is 1. The zero-order valence-electron chi connectivity index (χ0n) is 11.5. The number of rotatable bonds is 4. The van der Waals surface area contributed by atoms with E-state index in [1.807, 2.05) is 12.1 Å². The van der Waals surface area contributed by atoms with Crippen LogP contribution in [0.3, 0.4) is 0 Å². The maximum Gasteiger partial charge on any atom is 0.257 e. The molecule has 108 valence electrons. The summed E-state index contributed by atoms with van der Waals surface area (Å²) in [5.74, 6) is 0.612. The van der Waals surface area contributed by atoms with Crippen LogP contribution in [0.2, 0.25) is 0 Å². The number of hydrogen-bond donors (Lipinski definition) is 0. The summed E-state index contributed by atoms with van der Waals surface area (Å²) in [7, 11) is 1.59. The highest BCUT2D eigenvalue weighted by Gasteiger charge is 2.30. The Morgan fingerprint density at radius 1 is 1.38 bits per heavy atom. The average Bonchev–Trinajstić information content (AvgIpc) is 2.83. The van der Waals surface area contributed by atoms with Crippen LogP contribution in [-0.2, 0) is 13.0 Å². The summed E-state index contributed by atoms with van der Waals surface area (Å²) < 4.78 is 5.91. The Hall–Kier alpha value is -1.95. The zero-order valence-corrected chi connectivity index (χ0v) is 13.1. The van der Waals surface area contributed by atoms with E-state index in [9.17, 15) is 4.79 Å². The molecule has 21 heavy (non-hydrogen) atoms. The standard InChI is InChI=1S/C15H14BrN3O2/c1-21-13-4-2-3-10(18-13)6-8-19-9-12-14(15(19)20)11(16)5-7-17-12/h2-5,7H,6,8-9H2,1H3. The molecule has 1 aliphatic rings. The highest BCUT2D eigenvalue weighted by atomic mass is 79.9. The topological polar surface area (TPSA) is 55.3 Å². The molecule has 0 radical (unpaired) electrons. The molecule has 2 aromatic rings. The second-order valence-corrected chi connectivity index (χ2v) is 5.62. The van der Waals surface area contributed by atoms with Crippen molar-refractivity contribution in [2.75, 3.05) is 13.7 Å². The first kappa shape index (κ1) is 14.0. The molecule has 0 fully saturated rings. The number of carbonyl (C=O) groups is 1. The molecule has 1 amide bonds. The average molecular weight is 348 g/mol. The number of halogens is 1. The van der Waals surface area contributed by atoms with E-state index in [4.69, 9.17) is 4.74 Å². The van der Waals surface area contributed by atoms with Gasteiger partial charge in [0.05, 0.1) is 24.9 Å². The molecule has 0 aromatic carbocycles. The van der Waals surface area contributed by atoms with Gasteiger partial charge in [0.15, 0.2) is 0 Å². The summed E-state index contributed by atoms with van der Waals surface area (Å²) >= 11 is 3.41. The van der Waals surface area contributed by atoms with Crippen LogP contribution < -0.4 is 4.74 Å². The van der Waals surface area contributed by atoms with Crippen molar-refractivity contribution in [1.82, 2.24) is 14.9 Å². The summed E-state index contributed by atoms with van der Waals surface area (Å²) in [4.78, 5) is 22.8. The molecule has 0 atom stereocenters. The smallest absolute Gasteiger partial charge is 0.257 e. The summed E-state index contributed by atoms with van der Waals surface area (Å²) in [6.07, 6.45) is 2.40. The molecule has 0 bridgehead atoms. The Kier molecular flexibility index (Phi) is 3.88. The SMILES string of the molecule is COc1cccc(CCN2Cc3nccc(Br)c3C2=O)n1. The Morgan fingerprint density at radius 3 is 3.00 bits per heavy atom. The van der Waals surface area contributed by atoms with Gasteiger partial charge in [0.2, 0.25) is 5.88 Å². The minimum absolute atomic E-state index is 0.0212. The molecule has 0 aliphatic carbocycles. The Morgan fingerprint density at radius 2 is 2.24 bits per heavy atom. The second kappa shape index (κ2) is 5.81. The van der Waals surface area contributed by atoms with Crippen molar-refractivity contribution >= 4 is 21.8 Å². The Labute approximate surface area is 131 Å². The number of hydrogen-bond acceptors (Lipinski definition) is 4. The largest absolute Gasteiger partial charge is 0.481 e. The maximum atomic E-state index is 12.4. The number of aromatic nitrogens is 2. The van der Waals surface area contributed by atoms with Crippen LogP contribution in [0.5, 0.6) is 5.88 Å². The highest BCUT2D eigenvalue weighted by Crippen LogP contribution is 2.27. The van der Waals surface area contributed by atoms with Crippen LogP contribution >= 0.6 is 15.9 Å². The Balaban J connectivity index is 1.70. The first-order chi connectivity index (χ1) is 10.2. The summed E-state index contributed by atoms with van der Waals surface area (Å²) in [6.45, 7) is 1.17. The van der Waals surface area contributed by atoms with Gasteiger partial charge in [-0.1, -0.05) is 6.07 Å². The van der Waals surface area contributed by atoms with Crippen LogP contribution in [0.4, 0.5) is 0 Å². The molecule has 0 saturated heterocycles. The molecule has 0 spiro atoms. The minimum Gasteiger partial charge on any atom is -0.481 e. The van der Waals surface area contributed by atoms with E-state index < -0.39 is 0 Å². The molecular formula is C15H14BrN3O2. The summed E-state index contributed by atoms with van der Waals surface area (Å²) in [5, 5.41) is 0. The van der Waals surface area contributed by atoms with Gasteiger partial charge in [0, 0.05) is 35.4 Å². The number of methoxy groups -OCH3 is 1. The predicted molar refractivity (Wildman–Crippen MR) is 81.2 cm³/mol. The normalized spacial score (nSPS) is 13.4. The molecule has 5 nitrogen and oxygen atoms in total. The summed E-state index contributed by atoms with van der Waals surface area (Å²) in [6, 6.07) is 7.44. The van der Waals surface area contributed by atoms with Crippen molar-refractivity contribution in [3.8, 4) is 5.88 Å². The van der Waals surface area contributed by atoms with Crippen molar-refractivity contribution in [2.45, 2.75) is 13.0 Å². The van der Waals surface area contributed by atoms with Crippen molar-refractivity contribution in [3.05, 3.63) is 51.9 Å². The van der Waals surface area contributed by atoms with Crippen LogP contribution in [-0.4, -0.2) is 34.4 Å². The lowest BCUT2D eigenvalue weighted by atomic mass is 10.2. The Bertz CT molecular complexity index is 690. The third kappa shape index (κ3) is 2.76. The lowest BCUT2D eigenvalue weighted by molar-refractivity contribution is 0.0779. The van der Waals surface area contributed by atoms with E-state index in [2.05, 4.69) is 25.9 Å². The van der Waals surface area contributed by atoms with Crippen LogP contribution in [0, 0.1) is 0 Å². The fraction of sp³-hybridized carbons (Fsp3) is 0.267. The van der Waals surface area contributed by atoms with Gasteiger partial charge in [0.1, 0.15) is 0 Å². The van der Waals surface area contributed by atoms with E-state index in [0.717, 1.165) is 15.9 Å². The van der Waals surface area contributed by atoms with Crippen molar-refractivity contribution in [1.29, 1.82) is 0 Å². The summed E-state index contributed by atoms with van der Waals surface area (Å²) in [5.41, 5.74) is 2.41. The van der Waals surface area contributed by atoms with E-state index in [0.29, 0.717) is 31.0 Å². The van der Waals surface area contributed by atoms with Crippen molar-refractivity contribution in [3.63, 3.8) is 0 Å². The molecule has 0 unspecified atom stereocenters. The molecule has 0 N–H and O–H groups in total. The molecule has 6 heteroatoms. The fourth-order valence-corrected chi connectivity index (χ4v) is 2.89. The molecule has 3 heterocycles. The van der Waals surface area contributed by atoms with Gasteiger partial charge < -0.3 is 9.64 Å². The third-order valence-corrected chi connectivity index (χ3v) is 4.11. The van der Waals surface area contributed by atoms with Crippen molar-refractivity contribution in [2.24, 2.45) is 0 Å². The molecule has 1 aliphatic heterocycles. The minimum atomic E-state index is 0.0212. The lowest BCUT2D eigenvalue weighted by Gasteiger charge is -2.15. The maximum absolute atomic E-state index is 12.4. The van der Waals surface area contributed by atoms with E-state index in [-0.39, 0.29) is 5.91 Å². The number of fused-ring (bicyclic) bond motifs is 1. The van der Waals surface area contributed by atoms with Gasteiger partial charge in [0.25, 0.3) is 5.91 Å². The van der Waals surface area contributed by atoms with Crippen molar-refractivity contribution < 1.29 is 9.53 Å². The van der Waals surface area contributed by atoms with Gasteiger partial charge in [-0.25, -0.2) is 4.98 Å². The monoisotopic (exact) mass is 347 g/mol. The number of amides is 1. The molecule has 3 rings (SSSR count). The highest BCUT2D eigenvalue weighted by molar-refractivity contribution is 9.10. The van der Waals surface area contributed by atoms with E-state index >= 15 is 0 Å². The number of nitrogens with zero attached hydrogens (tertiary/aromatic N) is 3. The first-order valence-electron chi connectivity index (χ1n) is 6.61. The number of pyridine rings is 2. The van der Waals surface area contributed by atoms with Crippen LogP contribution in [0.1, 0.15) is 21.7 Å². The van der Waals surface area contributed by atoms with E-state index in [1.165, 1.54) is 0 Å². The van der Waals surface area contributed by atoms with Gasteiger partial charge >= 0.3 is 0 Å². The lowest BCUT2D eigenvalue weighted by Crippen LogP contribution is -2.26. The van der Waals surface area contributed by atoms with E-state index in [1.54, 1.807) is 30.3 Å². The third-order valence-electron chi connectivity index (χ3n) is 3.45. The fourth-order valence-electron chi connectivity index (χ4n) is 2.38. The number of ether oxygens (including phenoxy) is 1. The zero-order chi connectivity index (χ0) is 14.8. The molecule has 0 saturated carbocycles. The van der Waals surface area contributed by atoms with Gasteiger partial charge in [-0.15, -0.1) is 0 Å². The molecular weight excluding hydrogens is 334 g/mol. The quantitative estimate of drug-likeness (QED) is 0.852. The first-order valence-corrected chi connectivity index (χ1v) is 7.41. The van der Waals surface area contributed by atoms with Crippen LogP contribution in [0.25, 0.3) is 0 Å². The second-order valence-electron chi connectivity index (χ2n) is 4.76. The van der Waals surface area contributed by atoms with Gasteiger partial charge in [-0.3, -0.25) is 9.78 Å².